The van der Waals surface area contributed by atoms with E-state index in [4.69, 9.17) is 11.6 Å². The number of hydrogen-bond donors (Lipinski definition) is 1. The van der Waals surface area contributed by atoms with Crippen molar-refractivity contribution < 1.29 is 0 Å². The van der Waals surface area contributed by atoms with Crippen LogP contribution in [0.3, 0.4) is 0 Å². The topological polar surface area (TPSA) is 15.3 Å². The predicted molar refractivity (Wildman–Crippen MR) is 89.8 cm³/mol. The molecule has 0 amide bonds. The lowest BCUT2D eigenvalue weighted by Gasteiger charge is -2.33. The molecule has 1 saturated heterocycles. The smallest absolute Gasteiger partial charge is 0.0407 e. The van der Waals surface area contributed by atoms with Crippen molar-refractivity contribution in [2.75, 3.05) is 18.4 Å². The summed E-state index contributed by atoms with van der Waals surface area (Å²) in [6.45, 7) is 3.32. The van der Waals surface area contributed by atoms with Gasteiger partial charge < -0.3 is 5.32 Å². The van der Waals surface area contributed by atoms with Gasteiger partial charge >= 0.3 is 0 Å². The fraction of sp³-hybridized carbons (Fsp3) is 0.333. The number of hydrogen-bond acceptors (Lipinski definition) is 2. The first-order valence-electron chi connectivity index (χ1n) is 7.58. The molecule has 0 spiro atoms. The van der Waals surface area contributed by atoms with Gasteiger partial charge in [-0.2, -0.15) is 0 Å². The van der Waals surface area contributed by atoms with E-state index in [0.717, 1.165) is 23.8 Å². The summed E-state index contributed by atoms with van der Waals surface area (Å²) in [4.78, 5) is 2.53. The zero-order valence-electron chi connectivity index (χ0n) is 12.1. The molecule has 1 aliphatic rings. The van der Waals surface area contributed by atoms with Gasteiger partial charge in [0, 0.05) is 29.8 Å². The van der Waals surface area contributed by atoms with Crippen LogP contribution in [0.4, 0.5) is 5.69 Å². The second-order valence-corrected chi connectivity index (χ2v) is 6.15. The third-order valence-corrected chi connectivity index (χ3v) is 4.22. The van der Waals surface area contributed by atoms with Crippen molar-refractivity contribution in [3.63, 3.8) is 0 Å². The van der Waals surface area contributed by atoms with Crippen molar-refractivity contribution >= 4 is 17.3 Å². The molecule has 0 radical (unpaired) electrons. The van der Waals surface area contributed by atoms with Crippen molar-refractivity contribution in [1.82, 2.24) is 4.90 Å². The summed E-state index contributed by atoms with van der Waals surface area (Å²) >= 11 is 5.93. The van der Waals surface area contributed by atoms with E-state index in [0.29, 0.717) is 6.04 Å². The van der Waals surface area contributed by atoms with Crippen LogP contribution < -0.4 is 5.32 Å². The Morgan fingerprint density at radius 3 is 2.57 bits per heavy atom. The highest BCUT2D eigenvalue weighted by molar-refractivity contribution is 6.30. The molecule has 3 heteroatoms. The molecule has 1 unspecified atom stereocenters. The summed E-state index contributed by atoms with van der Waals surface area (Å²) in [6, 6.07) is 19.2. The minimum Gasteiger partial charge on any atom is -0.381 e. The quantitative estimate of drug-likeness (QED) is 0.899. The second kappa shape index (κ2) is 6.97. The third-order valence-electron chi connectivity index (χ3n) is 3.97. The summed E-state index contributed by atoms with van der Waals surface area (Å²) in [5.41, 5.74) is 2.55. The Bertz CT molecular complexity index is 553. The molecule has 1 aliphatic heterocycles. The summed E-state index contributed by atoms with van der Waals surface area (Å²) < 4.78 is 0. The summed E-state index contributed by atoms with van der Waals surface area (Å²) in [5.74, 6) is 0. The van der Waals surface area contributed by atoms with Gasteiger partial charge in [0.15, 0.2) is 0 Å². The Morgan fingerprint density at radius 2 is 1.81 bits per heavy atom. The Balaban J connectivity index is 1.57. The molecule has 0 aliphatic carbocycles. The van der Waals surface area contributed by atoms with Crippen LogP contribution in [0, 0.1) is 0 Å². The highest BCUT2D eigenvalue weighted by Crippen LogP contribution is 2.19. The molecular weight excluding hydrogens is 280 g/mol. The van der Waals surface area contributed by atoms with Crippen molar-refractivity contribution in [2.45, 2.75) is 25.4 Å². The highest BCUT2D eigenvalue weighted by atomic mass is 35.5. The van der Waals surface area contributed by atoms with E-state index < -0.39 is 0 Å². The molecule has 110 valence electrons. The maximum atomic E-state index is 5.93. The van der Waals surface area contributed by atoms with E-state index in [9.17, 15) is 0 Å². The number of likely N-dealkylation sites (tertiary alicyclic amines) is 1. The van der Waals surface area contributed by atoms with Gasteiger partial charge in [0.05, 0.1) is 0 Å². The number of anilines is 1. The van der Waals surface area contributed by atoms with Gasteiger partial charge in [-0.25, -0.2) is 0 Å². The molecule has 0 bridgehead atoms. The molecule has 1 N–H and O–H groups in total. The summed E-state index contributed by atoms with van der Waals surface area (Å²) in [6.07, 6.45) is 2.48. The number of halogens is 1. The number of rotatable bonds is 4. The van der Waals surface area contributed by atoms with Gasteiger partial charge in [0.2, 0.25) is 0 Å². The largest absolute Gasteiger partial charge is 0.381 e. The van der Waals surface area contributed by atoms with Gasteiger partial charge in [0.1, 0.15) is 0 Å². The number of nitrogens with zero attached hydrogens (tertiary/aromatic N) is 1. The van der Waals surface area contributed by atoms with E-state index in [1.165, 1.54) is 24.9 Å². The molecule has 0 saturated carbocycles. The maximum absolute atomic E-state index is 5.93. The Kier molecular flexibility index (Phi) is 4.79. The lowest BCUT2D eigenvalue weighted by Crippen LogP contribution is -2.41. The molecule has 1 atom stereocenters. The van der Waals surface area contributed by atoms with Gasteiger partial charge in [-0.3, -0.25) is 4.90 Å². The molecular formula is C18H21ClN2. The van der Waals surface area contributed by atoms with Crippen LogP contribution in [0.2, 0.25) is 5.02 Å². The van der Waals surface area contributed by atoms with Crippen molar-refractivity contribution in [2.24, 2.45) is 0 Å². The minimum atomic E-state index is 0.517. The van der Waals surface area contributed by atoms with Crippen molar-refractivity contribution in [3.8, 4) is 0 Å². The van der Waals surface area contributed by atoms with Crippen LogP contribution in [-0.4, -0.2) is 24.0 Å². The first kappa shape index (κ1) is 14.4. The van der Waals surface area contributed by atoms with E-state index in [-0.39, 0.29) is 0 Å². The zero-order valence-corrected chi connectivity index (χ0v) is 12.9. The van der Waals surface area contributed by atoms with Crippen LogP contribution in [0.25, 0.3) is 0 Å². The number of piperidine rings is 1. The molecule has 2 nitrogen and oxygen atoms in total. The molecule has 2 aromatic carbocycles. The maximum Gasteiger partial charge on any atom is 0.0407 e. The SMILES string of the molecule is Clc1ccc(NC2CCCN(Cc3ccccc3)C2)cc1. The van der Waals surface area contributed by atoms with Crippen molar-refractivity contribution in [3.05, 3.63) is 65.2 Å². The lowest BCUT2D eigenvalue weighted by molar-refractivity contribution is 0.208. The minimum absolute atomic E-state index is 0.517. The molecule has 1 fully saturated rings. The van der Waals surface area contributed by atoms with Gasteiger partial charge in [-0.1, -0.05) is 41.9 Å². The van der Waals surface area contributed by atoms with E-state index in [2.05, 4.69) is 52.7 Å². The standard InChI is InChI=1S/C18H21ClN2/c19-16-8-10-17(11-9-16)20-18-7-4-12-21(14-18)13-15-5-2-1-3-6-15/h1-3,5-6,8-11,18,20H,4,7,12-14H2. The van der Waals surface area contributed by atoms with Crippen LogP contribution in [-0.2, 0) is 6.54 Å². The van der Waals surface area contributed by atoms with Gasteiger partial charge in [0.25, 0.3) is 0 Å². The van der Waals surface area contributed by atoms with Crippen LogP contribution >= 0.6 is 11.6 Å². The fourth-order valence-electron chi connectivity index (χ4n) is 2.94. The van der Waals surface area contributed by atoms with Crippen molar-refractivity contribution in [1.29, 1.82) is 0 Å². The van der Waals surface area contributed by atoms with Gasteiger partial charge in [-0.15, -0.1) is 0 Å². The molecule has 0 aromatic heterocycles. The lowest BCUT2D eigenvalue weighted by atomic mass is 10.0. The second-order valence-electron chi connectivity index (χ2n) is 5.71. The Morgan fingerprint density at radius 1 is 1.05 bits per heavy atom. The Labute approximate surface area is 131 Å². The van der Waals surface area contributed by atoms with E-state index in [1.807, 2.05) is 12.1 Å². The molecule has 2 aromatic rings. The average Bonchev–Trinajstić information content (AvgIpc) is 2.51. The van der Waals surface area contributed by atoms with Crippen LogP contribution in [0.1, 0.15) is 18.4 Å². The summed E-state index contributed by atoms with van der Waals surface area (Å²) in [5, 5.41) is 4.41. The molecule has 3 rings (SSSR count). The fourth-order valence-corrected chi connectivity index (χ4v) is 3.07. The van der Waals surface area contributed by atoms with Crippen LogP contribution in [0.5, 0.6) is 0 Å². The average molecular weight is 301 g/mol. The van der Waals surface area contributed by atoms with Crippen LogP contribution in [0.15, 0.2) is 54.6 Å². The Hall–Kier alpha value is -1.51. The first-order valence-corrected chi connectivity index (χ1v) is 7.96. The summed E-state index contributed by atoms with van der Waals surface area (Å²) in [7, 11) is 0. The number of benzene rings is 2. The molecule has 1 heterocycles. The van der Waals surface area contributed by atoms with Gasteiger partial charge in [-0.05, 0) is 49.2 Å². The zero-order chi connectivity index (χ0) is 14.5. The normalized spacial score (nSPS) is 19.4. The van der Waals surface area contributed by atoms with E-state index >= 15 is 0 Å². The molecule has 21 heavy (non-hydrogen) atoms. The van der Waals surface area contributed by atoms with E-state index in [1.54, 1.807) is 0 Å². The highest BCUT2D eigenvalue weighted by Gasteiger charge is 2.19. The monoisotopic (exact) mass is 300 g/mol. The first-order chi connectivity index (χ1) is 10.3. The third kappa shape index (κ3) is 4.23. The predicted octanol–water partition coefficient (Wildman–Crippen LogP) is 4.42. The number of nitrogens with one attached hydrogen (secondary N) is 1.